The second-order valence-corrected chi connectivity index (χ2v) is 10.8. The number of aryl methyl sites for hydroxylation is 1. The van der Waals surface area contributed by atoms with Gasteiger partial charge in [-0.1, -0.05) is 25.1 Å². The highest BCUT2D eigenvalue weighted by molar-refractivity contribution is 7.90. The summed E-state index contributed by atoms with van der Waals surface area (Å²) in [6.45, 7) is 4.25. The van der Waals surface area contributed by atoms with E-state index in [-0.39, 0.29) is 23.0 Å². The number of H-pyrrole nitrogens is 1. The van der Waals surface area contributed by atoms with E-state index in [1.54, 1.807) is 78.7 Å². The number of hydrogen-bond donors (Lipinski definition) is 3. The zero-order valence-electron chi connectivity index (χ0n) is 21.5. The fraction of sp³-hybridized carbons (Fsp3) is 0.214. The number of ether oxygens (including phenoxy) is 1. The molecule has 10 heteroatoms. The van der Waals surface area contributed by atoms with E-state index in [4.69, 9.17) is 15.9 Å². The van der Waals surface area contributed by atoms with Crippen molar-refractivity contribution in [2.24, 2.45) is 5.73 Å². The maximum absolute atomic E-state index is 15.8. The molecular weight excluding hydrogens is 505 g/mol. The second-order valence-electron chi connectivity index (χ2n) is 8.77. The molecule has 0 radical (unpaired) electrons. The van der Waals surface area contributed by atoms with E-state index >= 15 is 4.39 Å². The third kappa shape index (κ3) is 5.70. The standard InChI is InChI=1S/C28H30FN5O3S/c1-4-18-14-23(27(29)24(15-18)37-5-2)34(20-12-10-19(11-13-20)28(30)31)17-26-32-16-22(33-26)21-8-6-7-9-25(21)38(3,35)36/h6-16H,4-5,17H2,1-3H3,(H3,30,31)(H,32,33). The number of nitrogens with zero attached hydrogens (tertiary/aromatic N) is 2. The van der Waals surface area contributed by atoms with E-state index in [2.05, 4.69) is 9.97 Å². The highest BCUT2D eigenvalue weighted by atomic mass is 32.2. The third-order valence-electron chi connectivity index (χ3n) is 6.08. The lowest BCUT2D eigenvalue weighted by Gasteiger charge is -2.26. The van der Waals surface area contributed by atoms with Crippen LogP contribution >= 0.6 is 0 Å². The van der Waals surface area contributed by atoms with Crippen molar-refractivity contribution in [2.45, 2.75) is 31.7 Å². The van der Waals surface area contributed by atoms with Crippen LogP contribution in [0.5, 0.6) is 5.75 Å². The lowest BCUT2D eigenvalue weighted by molar-refractivity contribution is 0.321. The molecule has 1 aromatic heterocycles. The van der Waals surface area contributed by atoms with Gasteiger partial charge in [0, 0.05) is 23.1 Å². The number of rotatable bonds is 10. The molecular formula is C28H30FN5O3S. The number of amidine groups is 1. The molecule has 0 aliphatic carbocycles. The van der Waals surface area contributed by atoms with Gasteiger partial charge in [0.25, 0.3) is 0 Å². The van der Waals surface area contributed by atoms with Crippen LogP contribution in [0, 0.1) is 11.2 Å². The first-order chi connectivity index (χ1) is 18.1. The number of aromatic nitrogens is 2. The Morgan fingerprint density at radius 3 is 2.47 bits per heavy atom. The van der Waals surface area contributed by atoms with Crippen molar-refractivity contribution in [1.82, 2.24) is 9.97 Å². The summed E-state index contributed by atoms with van der Waals surface area (Å²) in [5.74, 6) is 0.0858. The van der Waals surface area contributed by atoms with E-state index in [0.29, 0.717) is 47.0 Å². The molecule has 0 saturated carbocycles. The van der Waals surface area contributed by atoms with Gasteiger partial charge in [-0.2, -0.15) is 0 Å². The number of nitrogens with two attached hydrogens (primary N) is 1. The van der Waals surface area contributed by atoms with Gasteiger partial charge in [0.15, 0.2) is 21.4 Å². The number of halogens is 1. The molecule has 1 heterocycles. The van der Waals surface area contributed by atoms with Crippen molar-refractivity contribution in [3.05, 3.63) is 89.6 Å². The summed E-state index contributed by atoms with van der Waals surface area (Å²) < 4.78 is 46.0. The molecule has 0 aliphatic rings. The molecule has 0 fully saturated rings. The van der Waals surface area contributed by atoms with Crippen LogP contribution in [0.1, 0.15) is 30.8 Å². The minimum atomic E-state index is -3.47. The predicted octanol–water partition coefficient (Wildman–Crippen LogP) is 5.20. The summed E-state index contributed by atoms with van der Waals surface area (Å²) in [4.78, 5) is 9.63. The number of hydrogen-bond acceptors (Lipinski definition) is 6. The lowest BCUT2D eigenvalue weighted by Crippen LogP contribution is -2.20. The minimum Gasteiger partial charge on any atom is -0.491 e. The van der Waals surface area contributed by atoms with Crippen LogP contribution in [0.3, 0.4) is 0 Å². The van der Waals surface area contributed by atoms with Gasteiger partial charge in [0.1, 0.15) is 11.7 Å². The van der Waals surface area contributed by atoms with Crippen LogP contribution in [0.2, 0.25) is 0 Å². The number of anilines is 2. The molecule has 4 rings (SSSR count). The summed E-state index contributed by atoms with van der Waals surface area (Å²) in [5.41, 5.74) is 9.06. The summed E-state index contributed by atoms with van der Waals surface area (Å²) in [5, 5.41) is 7.69. The quantitative estimate of drug-likeness (QED) is 0.189. The summed E-state index contributed by atoms with van der Waals surface area (Å²) >= 11 is 0. The molecule has 198 valence electrons. The smallest absolute Gasteiger partial charge is 0.188 e. The van der Waals surface area contributed by atoms with Gasteiger partial charge in [-0.05, 0) is 61.4 Å². The molecule has 38 heavy (non-hydrogen) atoms. The molecule has 4 N–H and O–H groups in total. The molecule has 4 aromatic rings. The van der Waals surface area contributed by atoms with Crippen LogP contribution in [-0.4, -0.2) is 37.1 Å². The lowest BCUT2D eigenvalue weighted by atomic mass is 10.1. The van der Waals surface area contributed by atoms with Gasteiger partial charge in [0.2, 0.25) is 0 Å². The van der Waals surface area contributed by atoms with Crippen LogP contribution in [-0.2, 0) is 22.8 Å². The first-order valence-electron chi connectivity index (χ1n) is 12.1. The average molecular weight is 536 g/mol. The maximum atomic E-state index is 15.8. The number of sulfone groups is 1. The third-order valence-corrected chi connectivity index (χ3v) is 7.24. The molecule has 0 spiro atoms. The van der Waals surface area contributed by atoms with Crippen LogP contribution in [0.4, 0.5) is 15.8 Å². The normalized spacial score (nSPS) is 11.4. The Morgan fingerprint density at radius 1 is 1.13 bits per heavy atom. The molecule has 0 atom stereocenters. The average Bonchev–Trinajstić information content (AvgIpc) is 3.37. The Bertz CT molecular complexity index is 1570. The van der Waals surface area contributed by atoms with Crippen LogP contribution in [0.25, 0.3) is 11.3 Å². The Morgan fingerprint density at radius 2 is 1.84 bits per heavy atom. The Balaban J connectivity index is 1.81. The molecule has 0 bridgehead atoms. The van der Waals surface area contributed by atoms with Crippen molar-refractivity contribution in [2.75, 3.05) is 17.8 Å². The first-order valence-corrected chi connectivity index (χ1v) is 14.0. The minimum absolute atomic E-state index is 0.0684. The summed E-state index contributed by atoms with van der Waals surface area (Å²) in [6, 6.07) is 17.1. The fourth-order valence-electron chi connectivity index (χ4n) is 4.18. The number of nitrogens with one attached hydrogen (secondary N) is 2. The highest BCUT2D eigenvalue weighted by Gasteiger charge is 2.22. The second kappa shape index (κ2) is 11.1. The van der Waals surface area contributed by atoms with Crippen molar-refractivity contribution >= 4 is 27.0 Å². The van der Waals surface area contributed by atoms with E-state index in [1.165, 1.54) is 0 Å². The Hall–Kier alpha value is -4.18. The number of benzene rings is 3. The summed E-state index contributed by atoms with van der Waals surface area (Å²) in [6.07, 6.45) is 3.41. The van der Waals surface area contributed by atoms with Crippen molar-refractivity contribution in [1.29, 1.82) is 5.41 Å². The predicted molar refractivity (Wildman–Crippen MR) is 147 cm³/mol. The highest BCUT2D eigenvalue weighted by Crippen LogP contribution is 2.36. The number of imidazole rings is 1. The molecule has 0 unspecified atom stereocenters. The van der Waals surface area contributed by atoms with E-state index < -0.39 is 15.7 Å². The van der Waals surface area contributed by atoms with Gasteiger partial charge in [0.05, 0.1) is 35.6 Å². The molecule has 8 nitrogen and oxygen atoms in total. The first kappa shape index (κ1) is 26.9. The molecule has 0 aliphatic heterocycles. The zero-order chi connectivity index (χ0) is 27.4. The topological polar surface area (TPSA) is 125 Å². The van der Waals surface area contributed by atoms with E-state index in [9.17, 15) is 8.42 Å². The fourth-order valence-corrected chi connectivity index (χ4v) is 5.08. The van der Waals surface area contributed by atoms with Gasteiger partial charge < -0.3 is 20.4 Å². The SMILES string of the molecule is CCOc1cc(CC)cc(N(Cc2ncc(-c3ccccc3S(C)(=O)=O)[nH]2)c2ccc(C(=N)N)cc2)c1F. The number of nitrogen functional groups attached to an aromatic ring is 1. The number of aromatic amines is 1. The van der Waals surface area contributed by atoms with E-state index in [1.807, 2.05) is 6.92 Å². The van der Waals surface area contributed by atoms with Gasteiger partial charge in [-0.3, -0.25) is 5.41 Å². The van der Waals surface area contributed by atoms with Crippen LogP contribution < -0.4 is 15.4 Å². The van der Waals surface area contributed by atoms with Gasteiger partial charge in [-0.25, -0.2) is 17.8 Å². The van der Waals surface area contributed by atoms with Crippen molar-refractivity contribution < 1.29 is 17.5 Å². The Labute approximate surface area is 221 Å². The van der Waals surface area contributed by atoms with E-state index in [0.717, 1.165) is 11.8 Å². The summed E-state index contributed by atoms with van der Waals surface area (Å²) in [7, 11) is -3.47. The maximum Gasteiger partial charge on any atom is 0.188 e. The zero-order valence-corrected chi connectivity index (χ0v) is 22.3. The van der Waals surface area contributed by atoms with Gasteiger partial charge in [-0.15, -0.1) is 0 Å². The van der Waals surface area contributed by atoms with Crippen molar-refractivity contribution in [3.63, 3.8) is 0 Å². The monoisotopic (exact) mass is 535 g/mol. The molecule has 0 amide bonds. The van der Waals surface area contributed by atoms with Gasteiger partial charge >= 0.3 is 0 Å². The molecule has 3 aromatic carbocycles. The van der Waals surface area contributed by atoms with Crippen molar-refractivity contribution in [3.8, 4) is 17.0 Å². The largest absolute Gasteiger partial charge is 0.491 e. The van der Waals surface area contributed by atoms with Crippen LogP contribution in [0.15, 0.2) is 71.8 Å². The Kier molecular flexibility index (Phi) is 7.82. The molecule has 0 saturated heterocycles.